The zero-order chi connectivity index (χ0) is 16.9. The number of rotatable bonds is 3. The molecule has 2 aliphatic heterocycles. The molecule has 4 rings (SSSR count). The maximum atomic E-state index is 5.91. The fraction of sp³-hybridized carbons (Fsp3) is 0.526. The van der Waals surface area contributed by atoms with Gasteiger partial charge in [0.15, 0.2) is 5.82 Å². The summed E-state index contributed by atoms with van der Waals surface area (Å²) in [6.07, 6.45) is 2.38. The summed E-state index contributed by atoms with van der Waals surface area (Å²) in [6.45, 7) is 8.63. The third-order valence-corrected chi connectivity index (χ3v) is 4.72. The number of anilines is 1. The van der Waals surface area contributed by atoms with Gasteiger partial charge in [-0.15, -0.1) is 0 Å². The largest absolute Gasteiger partial charge is 0.373 e. The van der Waals surface area contributed by atoms with E-state index in [1.807, 2.05) is 24.6 Å². The van der Waals surface area contributed by atoms with Crippen molar-refractivity contribution in [1.29, 1.82) is 0 Å². The van der Waals surface area contributed by atoms with E-state index in [1.165, 1.54) is 5.56 Å². The van der Waals surface area contributed by atoms with Crippen molar-refractivity contribution in [2.45, 2.75) is 32.5 Å². The molecule has 1 aromatic heterocycles. The predicted molar refractivity (Wildman–Crippen MR) is 97.5 cm³/mol. The summed E-state index contributed by atoms with van der Waals surface area (Å²) in [6, 6.07) is 13.0. The van der Waals surface area contributed by atoms with Gasteiger partial charge in [-0.25, -0.2) is 0 Å². The number of nitrogens with zero attached hydrogens (tertiary/aromatic N) is 4. The third kappa shape index (κ3) is 3.62. The minimum Gasteiger partial charge on any atom is -0.373 e. The highest BCUT2D eigenvalue weighted by atomic mass is 16.5. The van der Waals surface area contributed by atoms with Crippen LogP contribution in [0.2, 0.25) is 0 Å². The fourth-order valence-electron chi connectivity index (χ4n) is 3.42. The second-order valence-electron chi connectivity index (χ2n) is 6.22. The normalized spacial score (nSPS) is 23.5. The Hall–Kier alpha value is -1.85. The molecule has 0 bridgehead atoms. The molecule has 1 aromatic carbocycles. The molecule has 2 unspecified atom stereocenters. The number of fused-ring (bicyclic) bond motifs is 1. The van der Waals surface area contributed by atoms with Gasteiger partial charge in [-0.05, 0) is 12.6 Å². The zero-order valence-electron chi connectivity index (χ0n) is 14.9. The van der Waals surface area contributed by atoms with E-state index in [0.29, 0.717) is 12.1 Å². The first-order valence-electron chi connectivity index (χ1n) is 8.94. The maximum absolute atomic E-state index is 5.91. The topological polar surface area (TPSA) is 33.5 Å². The summed E-state index contributed by atoms with van der Waals surface area (Å²) in [7, 11) is 2.19. The van der Waals surface area contributed by atoms with Crippen molar-refractivity contribution in [3.05, 3.63) is 48.2 Å². The first-order valence-corrected chi connectivity index (χ1v) is 8.94. The van der Waals surface area contributed by atoms with E-state index >= 15 is 0 Å². The van der Waals surface area contributed by atoms with Crippen LogP contribution in [0.15, 0.2) is 42.6 Å². The van der Waals surface area contributed by atoms with Crippen LogP contribution in [0.1, 0.15) is 19.4 Å². The summed E-state index contributed by atoms with van der Waals surface area (Å²) in [4.78, 5) is 4.76. The number of likely N-dealkylation sites (N-methyl/N-ethyl adjacent to an activating group) is 1. The van der Waals surface area contributed by atoms with Gasteiger partial charge < -0.3 is 9.64 Å². The van der Waals surface area contributed by atoms with Gasteiger partial charge in [0.05, 0.1) is 25.3 Å². The minimum atomic E-state index is 0.318. The van der Waals surface area contributed by atoms with Crippen molar-refractivity contribution in [3.63, 3.8) is 0 Å². The summed E-state index contributed by atoms with van der Waals surface area (Å²) < 4.78 is 7.92. The molecule has 0 N–H and O–H groups in total. The SMILES string of the molecule is CC.CN1CCOC2CN(c3ccn(Cc4ccccc4)n3)CC21. The zero-order valence-corrected chi connectivity index (χ0v) is 14.9. The molecule has 2 atom stereocenters. The summed E-state index contributed by atoms with van der Waals surface area (Å²) >= 11 is 0. The van der Waals surface area contributed by atoms with Crippen molar-refractivity contribution >= 4 is 5.82 Å². The molecule has 0 aliphatic carbocycles. The van der Waals surface area contributed by atoms with E-state index < -0.39 is 0 Å². The lowest BCUT2D eigenvalue weighted by Crippen LogP contribution is -2.48. The summed E-state index contributed by atoms with van der Waals surface area (Å²) in [5, 5.41) is 4.74. The molecule has 0 saturated carbocycles. The highest BCUT2D eigenvalue weighted by Crippen LogP contribution is 2.25. The summed E-state index contributed by atoms with van der Waals surface area (Å²) in [5.41, 5.74) is 1.27. The van der Waals surface area contributed by atoms with Gasteiger partial charge in [0.1, 0.15) is 0 Å². The molecular formula is C19H28N4O. The second-order valence-corrected chi connectivity index (χ2v) is 6.22. The van der Waals surface area contributed by atoms with E-state index in [-0.39, 0.29) is 0 Å². The average molecular weight is 328 g/mol. The molecule has 0 radical (unpaired) electrons. The lowest BCUT2D eigenvalue weighted by atomic mass is 10.1. The van der Waals surface area contributed by atoms with Crippen molar-refractivity contribution in [3.8, 4) is 0 Å². The number of benzene rings is 1. The van der Waals surface area contributed by atoms with Gasteiger partial charge in [-0.1, -0.05) is 44.2 Å². The molecule has 5 heteroatoms. The Morgan fingerprint density at radius 3 is 2.67 bits per heavy atom. The van der Waals surface area contributed by atoms with Crippen LogP contribution in [0.3, 0.4) is 0 Å². The first-order chi connectivity index (χ1) is 11.8. The Kier molecular flexibility index (Phi) is 5.53. The smallest absolute Gasteiger partial charge is 0.150 e. The van der Waals surface area contributed by atoms with Gasteiger partial charge in [0.2, 0.25) is 0 Å². The number of hydrogen-bond donors (Lipinski definition) is 0. The van der Waals surface area contributed by atoms with E-state index in [1.54, 1.807) is 0 Å². The lowest BCUT2D eigenvalue weighted by Gasteiger charge is -2.33. The molecular weight excluding hydrogens is 300 g/mol. The highest BCUT2D eigenvalue weighted by Gasteiger charge is 2.39. The number of morpholine rings is 1. The van der Waals surface area contributed by atoms with Crippen LogP contribution >= 0.6 is 0 Å². The molecule has 2 saturated heterocycles. The van der Waals surface area contributed by atoms with Gasteiger partial charge >= 0.3 is 0 Å². The van der Waals surface area contributed by atoms with Gasteiger partial charge in [-0.2, -0.15) is 5.10 Å². The van der Waals surface area contributed by atoms with E-state index in [0.717, 1.165) is 38.6 Å². The number of aromatic nitrogens is 2. The van der Waals surface area contributed by atoms with Crippen LogP contribution in [-0.4, -0.2) is 60.1 Å². The van der Waals surface area contributed by atoms with Crippen molar-refractivity contribution < 1.29 is 4.74 Å². The van der Waals surface area contributed by atoms with Crippen molar-refractivity contribution in [1.82, 2.24) is 14.7 Å². The number of ether oxygens (including phenoxy) is 1. The highest BCUT2D eigenvalue weighted by molar-refractivity contribution is 5.40. The fourth-order valence-corrected chi connectivity index (χ4v) is 3.42. The predicted octanol–water partition coefficient (Wildman–Crippen LogP) is 2.48. The van der Waals surface area contributed by atoms with Crippen LogP contribution in [0.25, 0.3) is 0 Å². The Bertz CT molecular complexity index is 627. The standard InChI is InChI=1S/C17H22N4O.C2H6/c1-19-9-10-22-16-13-20(12-15(16)19)17-7-8-21(18-17)11-14-5-3-2-4-6-14;1-2/h2-8,15-16H,9-13H2,1H3;1-2H3. The molecule has 130 valence electrons. The quantitative estimate of drug-likeness (QED) is 0.867. The van der Waals surface area contributed by atoms with Crippen LogP contribution in [0.4, 0.5) is 5.82 Å². The van der Waals surface area contributed by atoms with Crippen LogP contribution in [0.5, 0.6) is 0 Å². The average Bonchev–Trinajstić information content (AvgIpc) is 3.25. The number of hydrogen-bond acceptors (Lipinski definition) is 4. The minimum absolute atomic E-state index is 0.318. The molecule has 3 heterocycles. The lowest BCUT2D eigenvalue weighted by molar-refractivity contribution is -0.0362. The van der Waals surface area contributed by atoms with E-state index in [4.69, 9.17) is 9.84 Å². The third-order valence-electron chi connectivity index (χ3n) is 4.72. The van der Waals surface area contributed by atoms with Crippen LogP contribution in [0, 0.1) is 0 Å². The van der Waals surface area contributed by atoms with Gasteiger partial charge in [0.25, 0.3) is 0 Å². The second kappa shape index (κ2) is 7.81. The molecule has 2 aromatic rings. The molecule has 2 aliphatic rings. The van der Waals surface area contributed by atoms with Crippen LogP contribution < -0.4 is 4.90 Å². The molecule has 2 fully saturated rings. The first kappa shape index (κ1) is 17.0. The molecule has 24 heavy (non-hydrogen) atoms. The van der Waals surface area contributed by atoms with Gasteiger partial charge in [-0.3, -0.25) is 9.58 Å². The summed E-state index contributed by atoms with van der Waals surface area (Å²) in [5.74, 6) is 1.06. The van der Waals surface area contributed by atoms with E-state index in [2.05, 4.69) is 53.4 Å². The maximum Gasteiger partial charge on any atom is 0.150 e. The monoisotopic (exact) mass is 328 g/mol. The molecule has 5 nitrogen and oxygen atoms in total. The molecule has 0 amide bonds. The Labute approximate surface area is 144 Å². The van der Waals surface area contributed by atoms with E-state index in [9.17, 15) is 0 Å². The van der Waals surface area contributed by atoms with Crippen LogP contribution in [-0.2, 0) is 11.3 Å². The molecule has 0 spiro atoms. The Morgan fingerprint density at radius 1 is 1.12 bits per heavy atom. The van der Waals surface area contributed by atoms with Crippen molar-refractivity contribution in [2.24, 2.45) is 0 Å². The van der Waals surface area contributed by atoms with Crippen molar-refractivity contribution in [2.75, 3.05) is 38.2 Å². The Morgan fingerprint density at radius 2 is 1.92 bits per heavy atom. The Balaban J connectivity index is 0.000000815. The van der Waals surface area contributed by atoms with Gasteiger partial charge in [0, 0.05) is 31.9 Å².